The van der Waals surface area contributed by atoms with E-state index in [1.807, 2.05) is 24.0 Å². The van der Waals surface area contributed by atoms with Gasteiger partial charge in [0, 0.05) is 30.1 Å². The zero-order chi connectivity index (χ0) is 12.1. The van der Waals surface area contributed by atoms with Gasteiger partial charge in [-0.05, 0) is 36.4 Å². The molecule has 0 atom stereocenters. The van der Waals surface area contributed by atoms with Gasteiger partial charge in [0.1, 0.15) is 5.65 Å². The van der Waals surface area contributed by atoms with E-state index >= 15 is 0 Å². The Morgan fingerprint density at radius 2 is 2.35 bits per heavy atom. The fourth-order valence-corrected chi connectivity index (χ4v) is 2.64. The Bertz CT molecular complexity index is 478. The summed E-state index contributed by atoms with van der Waals surface area (Å²) < 4.78 is 2.25. The number of fused-ring (bicyclic) bond motifs is 1. The van der Waals surface area contributed by atoms with Gasteiger partial charge in [-0.1, -0.05) is 6.92 Å². The summed E-state index contributed by atoms with van der Waals surface area (Å²) in [7, 11) is 0. The summed E-state index contributed by atoms with van der Waals surface area (Å²) in [6, 6.07) is 4.13. The van der Waals surface area contributed by atoms with Gasteiger partial charge >= 0.3 is 0 Å². The molecule has 17 heavy (non-hydrogen) atoms. The molecule has 2 aromatic rings. The smallest absolute Gasteiger partial charge is 0.140 e. The van der Waals surface area contributed by atoms with E-state index in [1.165, 1.54) is 16.7 Å². The van der Waals surface area contributed by atoms with Crippen LogP contribution >= 0.6 is 11.8 Å². The lowest BCUT2D eigenvalue weighted by molar-refractivity contribution is 0.790. The van der Waals surface area contributed by atoms with Crippen LogP contribution in [0.4, 0.5) is 0 Å². The Labute approximate surface area is 106 Å². The van der Waals surface area contributed by atoms with E-state index in [0.29, 0.717) is 6.54 Å². The molecule has 0 spiro atoms. The van der Waals surface area contributed by atoms with Crippen LogP contribution in [0, 0.1) is 0 Å². The van der Waals surface area contributed by atoms with Crippen LogP contribution in [-0.2, 0) is 13.0 Å². The van der Waals surface area contributed by atoms with E-state index < -0.39 is 0 Å². The number of hydrogen-bond donors (Lipinski definition) is 1. The maximum absolute atomic E-state index is 5.65. The summed E-state index contributed by atoms with van der Waals surface area (Å²) in [4.78, 5) is 4.48. The molecule has 2 N–H and O–H groups in total. The predicted octanol–water partition coefficient (Wildman–Crippen LogP) is 2.29. The summed E-state index contributed by atoms with van der Waals surface area (Å²) in [6.07, 6.45) is 4.99. The molecular weight excluding hydrogens is 230 g/mol. The van der Waals surface area contributed by atoms with Crippen molar-refractivity contribution < 1.29 is 0 Å². The van der Waals surface area contributed by atoms with Crippen LogP contribution in [0.5, 0.6) is 0 Å². The van der Waals surface area contributed by atoms with Gasteiger partial charge < -0.3 is 10.3 Å². The minimum atomic E-state index is 0.692. The van der Waals surface area contributed by atoms with Crippen molar-refractivity contribution in [3.8, 4) is 0 Å². The molecule has 0 saturated carbocycles. The van der Waals surface area contributed by atoms with Gasteiger partial charge in [-0.25, -0.2) is 4.98 Å². The molecule has 0 amide bonds. The van der Waals surface area contributed by atoms with Crippen LogP contribution in [0.1, 0.15) is 12.5 Å². The molecule has 0 aromatic carbocycles. The molecule has 2 aromatic heterocycles. The van der Waals surface area contributed by atoms with Crippen molar-refractivity contribution in [3.05, 3.63) is 30.1 Å². The molecular formula is C13H19N3S. The largest absolute Gasteiger partial charge is 0.331 e. The van der Waals surface area contributed by atoms with E-state index in [9.17, 15) is 0 Å². The lowest BCUT2D eigenvalue weighted by Gasteiger charge is -2.02. The second-order valence-corrected chi connectivity index (χ2v) is 5.35. The zero-order valence-electron chi connectivity index (χ0n) is 10.2. The molecule has 0 bridgehead atoms. The fraction of sp³-hybridized carbons (Fsp3) is 0.462. The van der Waals surface area contributed by atoms with Crippen molar-refractivity contribution in [2.45, 2.75) is 19.9 Å². The molecule has 2 rings (SSSR count). The van der Waals surface area contributed by atoms with Gasteiger partial charge in [0.2, 0.25) is 0 Å². The van der Waals surface area contributed by atoms with E-state index in [0.717, 1.165) is 24.4 Å². The normalized spacial score (nSPS) is 11.2. The van der Waals surface area contributed by atoms with Crippen molar-refractivity contribution in [1.29, 1.82) is 0 Å². The first kappa shape index (κ1) is 12.5. The Morgan fingerprint density at radius 1 is 1.47 bits per heavy atom. The number of nitrogens with two attached hydrogens (primary N) is 1. The summed E-state index contributed by atoms with van der Waals surface area (Å²) in [5.74, 6) is 2.31. The molecule has 0 fully saturated rings. The first-order valence-corrected chi connectivity index (χ1v) is 7.22. The van der Waals surface area contributed by atoms with Crippen molar-refractivity contribution in [2.24, 2.45) is 5.73 Å². The highest BCUT2D eigenvalue weighted by Gasteiger charge is 2.07. The van der Waals surface area contributed by atoms with Gasteiger partial charge in [-0.3, -0.25) is 0 Å². The average molecular weight is 249 g/mol. The molecule has 3 nitrogen and oxygen atoms in total. The first-order valence-electron chi connectivity index (χ1n) is 6.07. The lowest BCUT2D eigenvalue weighted by atomic mass is 10.2. The van der Waals surface area contributed by atoms with Crippen molar-refractivity contribution >= 4 is 22.8 Å². The van der Waals surface area contributed by atoms with E-state index in [-0.39, 0.29) is 0 Å². The number of hydrogen-bond acceptors (Lipinski definition) is 3. The molecule has 0 aliphatic heterocycles. The number of nitrogens with zero attached hydrogens (tertiary/aromatic N) is 2. The molecule has 0 radical (unpaired) electrons. The zero-order valence-corrected chi connectivity index (χ0v) is 11.0. The summed E-state index contributed by atoms with van der Waals surface area (Å²) in [5, 5.41) is 1.25. The Kier molecular flexibility index (Phi) is 4.45. The second kappa shape index (κ2) is 6.07. The topological polar surface area (TPSA) is 43.8 Å². The van der Waals surface area contributed by atoms with Crippen LogP contribution in [-0.4, -0.2) is 27.6 Å². The molecule has 0 aliphatic carbocycles. The van der Waals surface area contributed by atoms with Crippen LogP contribution in [0.25, 0.3) is 11.0 Å². The van der Waals surface area contributed by atoms with E-state index in [2.05, 4.69) is 28.7 Å². The third-order valence-electron chi connectivity index (χ3n) is 2.81. The molecule has 2 heterocycles. The van der Waals surface area contributed by atoms with E-state index in [1.54, 1.807) is 0 Å². The number of thioether (sulfide) groups is 1. The Balaban J connectivity index is 2.28. The predicted molar refractivity (Wildman–Crippen MR) is 75.5 cm³/mol. The first-order chi connectivity index (χ1) is 8.36. The molecule has 0 saturated heterocycles. The molecule has 92 valence electrons. The quantitative estimate of drug-likeness (QED) is 0.799. The summed E-state index contributed by atoms with van der Waals surface area (Å²) >= 11 is 1.96. The number of rotatable bonds is 6. The van der Waals surface area contributed by atoms with Crippen molar-refractivity contribution in [1.82, 2.24) is 9.55 Å². The van der Waals surface area contributed by atoms with Crippen molar-refractivity contribution in [3.63, 3.8) is 0 Å². The number of aryl methyl sites for hydroxylation is 1. The standard InChI is InChI=1S/C13H19N3S/c1-2-17-9-8-16-10-11(5-6-14)12-4-3-7-15-13(12)16/h3-4,7,10H,2,5-6,8-9,14H2,1H3. The Morgan fingerprint density at radius 3 is 3.12 bits per heavy atom. The van der Waals surface area contributed by atoms with Gasteiger partial charge in [0.25, 0.3) is 0 Å². The molecule has 0 unspecified atom stereocenters. The SMILES string of the molecule is CCSCCn1cc(CCN)c2cccnc21. The second-order valence-electron chi connectivity index (χ2n) is 3.96. The van der Waals surface area contributed by atoms with Gasteiger partial charge in [-0.2, -0.15) is 11.8 Å². The van der Waals surface area contributed by atoms with Gasteiger partial charge in [-0.15, -0.1) is 0 Å². The maximum atomic E-state index is 5.65. The Hall–Kier alpha value is -1.00. The summed E-state index contributed by atoms with van der Waals surface area (Å²) in [5.41, 5.74) is 8.06. The number of aromatic nitrogens is 2. The van der Waals surface area contributed by atoms with Crippen LogP contribution in [0.15, 0.2) is 24.5 Å². The third-order valence-corrected chi connectivity index (χ3v) is 3.69. The van der Waals surface area contributed by atoms with Crippen LogP contribution in [0.2, 0.25) is 0 Å². The van der Waals surface area contributed by atoms with Gasteiger partial charge in [0.15, 0.2) is 0 Å². The monoisotopic (exact) mass is 249 g/mol. The summed E-state index contributed by atoms with van der Waals surface area (Å²) in [6.45, 7) is 3.91. The van der Waals surface area contributed by atoms with Crippen LogP contribution in [0.3, 0.4) is 0 Å². The van der Waals surface area contributed by atoms with E-state index in [4.69, 9.17) is 5.73 Å². The lowest BCUT2D eigenvalue weighted by Crippen LogP contribution is -2.02. The fourth-order valence-electron chi connectivity index (χ4n) is 2.03. The minimum absolute atomic E-state index is 0.692. The average Bonchev–Trinajstić information content (AvgIpc) is 2.70. The molecule has 4 heteroatoms. The highest BCUT2D eigenvalue weighted by molar-refractivity contribution is 7.99. The minimum Gasteiger partial charge on any atom is -0.331 e. The maximum Gasteiger partial charge on any atom is 0.140 e. The van der Waals surface area contributed by atoms with Gasteiger partial charge in [0.05, 0.1) is 0 Å². The number of pyridine rings is 1. The highest BCUT2D eigenvalue weighted by atomic mass is 32.2. The third kappa shape index (κ3) is 2.82. The molecule has 0 aliphatic rings. The highest BCUT2D eigenvalue weighted by Crippen LogP contribution is 2.20. The van der Waals surface area contributed by atoms with Crippen molar-refractivity contribution in [2.75, 3.05) is 18.1 Å². The van der Waals surface area contributed by atoms with Crippen LogP contribution < -0.4 is 5.73 Å².